The van der Waals surface area contributed by atoms with Gasteiger partial charge in [-0.25, -0.2) is 34.8 Å². The summed E-state index contributed by atoms with van der Waals surface area (Å²) in [5.74, 6) is -1.91. The van der Waals surface area contributed by atoms with E-state index in [2.05, 4.69) is 0 Å². The Bertz CT molecular complexity index is 329. The molecule has 0 aliphatic carbocycles. The average molecular weight is 310 g/mol. The molecular weight excluding hydrogens is 301 g/mol. The predicted molar refractivity (Wildman–Crippen MR) is 45.0 cm³/mol. The van der Waals surface area contributed by atoms with Crippen molar-refractivity contribution in [1.29, 1.82) is 0 Å². The first-order valence-electron chi connectivity index (χ1n) is 4.30. The van der Waals surface area contributed by atoms with Crippen molar-refractivity contribution >= 4 is 10.1 Å². The minimum Gasteiger partial charge on any atom is -0.748 e. The van der Waals surface area contributed by atoms with E-state index in [-0.39, 0.29) is 29.6 Å². The summed E-state index contributed by atoms with van der Waals surface area (Å²) in [6.07, 6.45) is -16.2. The van der Waals surface area contributed by atoms with Crippen LogP contribution in [0.15, 0.2) is 0 Å². The topological polar surface area (TPSA) is 57.2 Å². The van der Waals surface area contributed by atoms with E-state index in [0.717, 1.165) is 0 Å². The SMILES string of the molecule is O=S(=O)([O-])CC(F)C(F)C(F)C(F)C(F)CF.[Na+]. The van der Waals surface area contributed by atoms with Gasteiger partial charge >= 0.3 is 29.6 Å². The molecular formula is C7H9F6NaO3S. The molecule has 0 saturated heterocycles. The molecule has 0 aromatic carbocycles. The maximum atomic E-state index is 12.8. The Hall–Kier alpha value is 0.490. The predicted octanol–water partition coefficient (Wildman–Crippen LogP) is -1.80. The maximum Gasteiger partial charge on any atom is 1.00 e. The third kappa shape index (κ3) is 7.17. The van der Waals surface area contributed by atoms with E-state index in [4.69, 9.17) is 0 Å². The van der Waals surface area contributed by atoms with Crippen molar-refractivity contribution < 1.29 is 68.9 Å². The van der Waals surface area contributed by atoms with E-state index in [1.807, 2.05) is 0 Å². The largest absolute Gasteiger partial charge is 1.00 e. The van der Waals surface area contributed by atoms with Crippen LogP contribution in [0.5, 0.6) is 0 Å². The summed E-state index contributed by atoms with van der Waals surface area (Å²) in [5, 5.41) is 0. The van der Waals surface area contributed by atoms with E-state index in [1.165, 1.54) is 0 Å². The first-order chi connectivity index (χ1) is 7.60. The fourth-order valence-electron chi connectivity index (χ4n) is 0.947. The number of alkyl halides is 6. The molecule has 104 valence electrons. The summed E-state index contributed by atoms with van der Waals surface area (Å²) in [5.41, 5.74) is 0. The molecule has 0 heterocycles. The van der Waals surface area contributed by atoms with Crippen molar-refractivity contribution in [1.82, 2.24) is 0 Å². The Morgan fingerprint density at radius 3 is 1.61 bits per heavy atom. The molecule has 0 radical (unpaired) electrons. The zero-order chi connectivity index (χ0) is 13.8. The molecule has 0 N–H and O–H groups in total. The van der Waals surface area contributed by atoms with Gasteiger partial charge in [0.2, 0.25) is 0 Å². The summed E-state index contributed by atoms with van der Waals surface area (Å²) in [4.78, 5) is 0. The van der Waals surface area contributed by atoms with E-state index in [0.29, 0.717) is 0 Å². The Labute approximate surface area is 122 Å². The quantitative estimate of drug-likeness (QED) is 0.317. The molecule has 0 aromatic heterocycles. The molecule has 18 heavy (non-hydrogen) atoms. The number of hydrogen-bond acceptors (Lipinski definition) is 3. The molecule has 0 bridgehead atoms. The van der Waals surface area contributed by atoms with Crippen molar-refractivity contribution in [3.05, 3.63) is 0 Å². The van der Waals surface area contributed by atoms with Gasteiger partial charge < -0.3 is 4.55 Å². The second-order valence-corrected chi connectivity index (χ2v) is 4.69. The molecule has 11 heteroatoms. The smallest absolute Gasteiger partial charge is 0.748 e. The second kappa shape index (κ2) is 8.62. The van der Waals surface area contributed by atoms with Crippen LogP contribution in [0.2, 0.25) is 0 Å². The van der Waals surface area contributed by atoms with Crippen LogP contribution >= 0.6 is 0 Å². The molecule has 0 saturated carbocycles. The standard InChI is InChI=1S/C7H10F6O3S.Na/c8-1-3(9)5(11)7(13)6(12)4(10)2-17(14,15)16;/h3-7H,1-2H2,(H,14,15,16);/q;+1/p-1. The normalized spacial score (nSPS) is 20.4. The molecule has 3 nitrogen and oxygen atoms in total. The van der Waals surface area contributed by atoms with Crippen LogP contribution in [0, 0.1) is 0 Å². The van der Waals surface area contributed by atoms with Gasteiger partial charge in [-0.05, 0) is 0 Å². The summed E-state index contributed by atoms with van der Waals surface area (Å²) in [6, 6.07) is 0. The Morgan fingerprint density at radius 1 is 0.889 bits per heavy atom. The van der Waals surface area contributed by atoms with Crippen LogP contribution in [-0.2, 0) is 10.1 Å². The number of halogens is 6. The van der Waals surface area contributed by atoms with Crippen LogP contribution in [0.25, 0.3) is 0 Å². The van der Waals surface area contributed by atoms with Gasteiger partial charge in [-0.1, -0.05) is 0 Å². The van der Waals surface area contributed by atoms with Crippen LogP contribution in [0.3, 0.4) is 0 Å². The fraction of sp³-hybridized carbons (Fsp3) is 1.00. The molecule has 0 aliphatic rings. The van der Waals surface area contributed by atoms with Crippen molar-refractivity contribution in [3.8, 4) is 0 Å². The molecule has 0 aromatic rings. The van der Waals surface area contributed by atoms with Gasteiger partial charge in [-0.15, -0.1) is 0 Å². The second-order valence-electron chi connectivity index (χ2n) is 3.24. The van der Waals surface area contributed by atoms with Gasteiger partial charge in [0.25, 0.3) is 0 Å². The minimum absolute atomic E-state index is 0. The monoisotopic (exact) mass is 310 g/mol. The van der Waals surface area contributed by atoms with Crippen LogP contribution in [0.4, 0.5) is 26.3 Å². The van der Waals surface area contributed by atoms with E-state index in [9.17, 15) is 39.3 Å². The van der Waals surface area contributed by atoms with E-state index < -0.39 is 53.4 Å². The summed E-state index contributed by atoms with van der Waals surface area (Å²) in [6.45, 7) is -1.94. The fourth-order valence-corrected chi connectivity index (χ4v) is 1.52. The van der Waals surface area contributed by atoms with E-state index in [1.54, 1.807) is 0 Å². The zero-order valence-corrected chi connectivity index (χ0v) is 12.0. The molecule has 0 spiro atoms. The molecule has 0 fully saturated rings. The number of hydrogen-bond donors (Lipinski definition) is 0. The Morgan fingerprint density at radius 2 is 1.28 bits per heavy atom. The van der Waals surface area contributed by atoms with Gasteiger partial charge in [0.1, 0.15) is 12.8 Å². The molecule has 0 amide bonds. The van der Waals surface area contributed by atoms with Crippen molar-refractivity contribution in [2.45, 2.75) is 30.9 Å². The maximum absolute atomic E-state index is 12.8. The van der Waals surface area contributed by atoms with Gasteiger partial charge in [0.05, 0.1) is 15.9 Å². The minimum atomic E-state index is -5.18. The third-order valence-corrected chi connectivity index (χ3v) is 2.54. The van der Waals surface area contributed by atoms with E-state index >= 15 is 0 Å². The van der Waals surface area contributed by atoms with Crippen molar-refractivity contribution in [2.75, 3.05) is 12.4 Å². The first kappa shape index (κ1) is 20.8. The van der Waals surface area contributed by atoms with Crippen LogP contribution in [0.1, 0.15) is 0 Å². The van der Waals surface area contributed by atoms with Gasteiger partial charge in [0, 0.05) is 0 Å². The molecule has 5 unspecified atom stereocenters. The third-order valence-electron chi connectivity index (χ3n) is 1.81. The summed E-state index contributed by atoms with van der Waals surface area (Å²) in [7, 11) is -5.18. The summed E-state index contributed by atoms with van der Waals surface area (Å²) < 4.78 is 105. The van der Waals surface area contributed by atoms with Gasteiger partial charge in [0.15, 0.2) is 24.7 Å². The van der Waals surface area contributed by atoms with Crippen molar-refractivity contribution in [3.63, 3.8) is 0 Å². The van der Waals surface area contributed by atoms with Crippen LogP contribution in [-0.4, -0.2) is 56.3 Å². The van der Waals surface area contributed by atoms with Gasteiger partial charge in [-0.3, -0.25) is 0 Å². The number of rotatable bonds is 7. The first-order valence-corrected chi connectivity index (χ1v) is 5.87. The summed E-state index contributed by atoms with van der Waals surface area (Å²) >= 11 is 0. The molecule has 0 rings (SSSR count). The van der Waals surface area contributed by atoms with Crippen molar-refractivity contribution in [2.24, 2.45) is 0 Å². The molecule has 5 atom stereocenters. The van der Waals surface area contributed by atoms with Crippen LogP contribution < -0.4 is 29.6 Å². The zero-order valence-electron chi connectivity index (χ0n) is 9.20. The Balaban J connectivity index is 0. The average Bonchev–Trinajstić information content (AvgIpc) is 2.22. The van der Waals surface area contributed by atoms with Gasteiger partial charge in [-0.2, -0.15) is 0 Å². The Kier molecular flexibility index (Phi) is 9.96. The molecule has 0 aliphatic heterocycles.